The van der Waals surface area contributed by atoms with Crippen molar-refractivity contribution in [2.45, 2.75) is 38.6 Å². The Bertz CT molecular complexity index is 984. The molecule has 3 aromatic rings. The third-order valence-corrected chi connectivity index (χ3v) is 5.48. The second kappa shape index (κ2) is 7.98. The molecule has 1 aliphatic heterocycles. The van der Waals surface area contributed by atoms with Gasteiger partial charge in [0.05, 0.1) is 4.92 Å². The van der Waals surface area contributed by atoms with E-state index >= 15 is 0 Å². The summed E-state index contributed by atoms with van der Waals surface area (Å²) in [4.78, 5) is 20.9. The summed E-state index contributed by atoms with van der Waals surface area (Å²) in [6.45, 7) is 4.58. The molecular weight excluding hydrogens is 354 g/mol. The molecule has 3 heterocycles. The number of nitro groups is 1. The average molecular weight is 379 g/mol. The molecule has 0 aliphatic carbocycles. The number of fused-ring (bicyclic) bond motifs is 1. The summed E-state index contributed by atoms with van der Waals surface area (Å²) >= 11 is 0. The number of hydrogen-bond donors (Lipinski definition) is 2. The molecule has 0 amide bonds. The fraction of sp³-hybridized carbons (Fsp3) is 0.381. The molecule has 0 bridgehead atoms. The first kappa shape index (κ1) is 18.4. The van der Waals surface area contributed by atoms with Gasteiger partial charge in [-0.2, -0.15) is 0 Å². The minimum atomic E-state index is -0.419. The summed E-state index contributed by atoms with van der Waals surface area (Å²) in [5.41, 5.74) is 3.14. The standard InChI is InChI=1S/C21H25N5O2/c1-2-10-25-11-4-5-17(25)12-15-14-23-19-8-7-16(13-18(15)19)24-21-20(26(27)28)6-3-9-22-21/h3,6-9,13-14,17,23H,2,4-5,10-12H2,1H3,(H,22,24)/t17-/m1/s1. The summed E-state index contributed by atoms with van der Waals surface area (Å²) in [6, 6.07) is 9.60. The summed E-state index contributed by atoms with van der Waals surface area (Å²) in [7, 11) is 0. The number of aromatic amines is 1. The lowest BCUT2D eigenvalue weighted by Gasteiger charge is -2.23. The monoisotopic (exact) mass is 379 g/mol. The van der Waals surface area contributed by atoms with Gasteiger partial charge in [-0.1, -0.05) is 6.92 Å². The van der Waals surface area contributed by atoms with Gasteiger partial charge in [-0.05, 0) is 68.6 Å². The maximum absolute atomic E-state index is 11.2. The first-order chi connectivity index (χ1) is 13.7. The van der Waals surface area contributed by atoms with Gasteiger partial charge in [0.1, 0.15) is 0 Å². The molecule has 2 N–H and O–H groups in total. The van der Waals surface area contributed by atoms with E-state index in [9.17, 15) is 10.1 Å². The van der Waals surface area contributed by atoms with Crippen LogP contribution in [-0.4, -0.2) is 38.9 Å². The molecule has 1 atom stereocenters. The molecule has 1 saturated heterocycles. The van der Waals surface area contributed by atoms with Crippen LogP contribution >= 0.6 is 0 Å². The molecule has 7 heteroatoms. The minimum absolute atomic E-state index is 0.0296. The van der Waals surface area contributed by atoms with E-state index < -0.39 is 4.92 Å². The molecule has 1 fully saturated rings. The van der Waals surface area contributed by atoms with Crippen molar-refractivity contribution in [1.29, 1.82) is 0 Å². The first-order valence-electron chi connectivity index (χ1n) is 9.86. The van der Waals surface area contributed by atoms with E-state index in [4.69, 9.17) is 0 Å². The van der Waals surface area contributed by atoms with Crippen LogP contribution in [0, 0.1) is 10.1 Å². The van der Waals surface area contributed by atoms with Crippen molar-refractivity contribution < 1.29 is 4.92 Å². The highest BCUT2D eigenvalue weighted by Crippen LogP contribution is 2.30. The molecule has 7 nitrogen and oxygen atoms in total. The van der Waals surface area contributed by atoms with Gasteiger partial charge in [0, 0.05) is 41.1 Å². The molecule has 28 heavy (non-hydrogen) atoms. The molecule has 146 valence electrons. The molecule has 4 rings (SSSR count). The summed E-state index contributed by atoms with van der Waals surface area (Å²) < 4.78 is 0. The number of aromatic nitrogens is 2. The lowest BCUT2D eigenvalue weighted by molar-refractivity contribution is -0.384. The Kier molecular flexibility index (Phi) is 5.25. The third-order valence-electron chi connectivity index (χ3n) is 5.48. The fourth-order valence-corrected chi connectivity index (χ4v) is 4.16. The van der Waals surface area contributed by atoms with E-state index in [2.05, 4.69) is 39.4 Å². The van der Waals surface area contributed by atoms with Gasteiger partial charge in [0.15, 0.2) is 0 Å². The highest BCUT2D eigenvalue weighted by Gasteiger charge is 2.24. The largest absolute Gasteiger partial charge is 0.361 e. The highest BCUT2D eigenvalue weighted by molar-refractivity contribution is 5.87. The Morgan fingerprint density at radius 3 is 3.11 bits per heavy atom. The Morgan fingerprint density at radius 1 is 1.39 bits per heavy atom. The average Bonchev–Trinajstić information content (AvgIpc) is 3.30. The van der Waals surface area contributed by atoms with Crippen LogP contribution in [0.2, 0.25) is 0 Å². The van der Waals surface area contributed by atoms with Crippen molar-refractivity contribution in [2.24, 2.45) is 0 Å². The number of nitrogens with one attached hydrogen (secondary N) is 2. The normalized spacial score (nSPS) is 17.2. The van der Waals surface area contributed by atoms with Gasteiger partial charge in [-0.15, -0.1) is 0 Å². The zero-order chi connectivity index (χ0) is 19.5. The summed E-state index contributed by atoms with van der Waals surface area (Å²) in [6.07, 6.45) is 8.36. The Labute approximate surface area is 163 Å². The number of benzene rings is 1. The molecule has 0 radical (unpaired) electrons. The lowest BCUT2D eigenvalue weighted by Crippen LogP contribution is -2.31. The molecule has 0 spiro atoms. The smallest absolute Gasteiger partial charge is 0.311 e. The van der Waals surface area contributed by atoms with Crippen molar-refractivity contribution in [3.63, 3.8) is 0 Å². The van der Waals surface area contributed by atoms with Crippen molar-refractivity contribution in [3.05, 3.63) is 58.4 Å². The topological polar surface area (TPSA) is 87.1 Å². The van der Waals surface area contributed by atoms with E-state index in [1.807, 2.05) is 12.1 Å². The van der Waals surface area contributed by atoms with Crippen molar-refractivity contribution in [1.82, 2.24) is 14.9 Å². The van der Waals surface area contributed by atoms with Crippen LogP contribution in [0.1, 0.15) is 31.7 Å². The van der Waals surface area contributed by atoms with Crippen LogP contribution in [0.15, 0.2) is 42.7 Å². The van der Waals surface area contributed by atoms with Gasteiger partial charge in [0.2, 0.25) is 5.82 Å². The van der Waals surface area contributed by atoms with Crippen molar-refractivity contribution in [2.75, 3.05) is 18.4 Å². The van der Waals surface area contributed by atoms with Gasteiger partial charge in [-0.3, -0.25) is 10.1 Å². The zero-order valence-corrected chi connectivity index (χ0v) is 16.0. The molecule has 0 saturated carbocycles. The van der Waals surface area contributed by atoms with Crippen molar-refractivity contribution >= 4 is 28.1 Å². The van der Waals surface area contributed by atoms with Crippen LogP contribution < -0.4 is 5.32 Å². The second-order valence-corrected chi connectivity index (χ2v) is 7.36. The molecule has 2 aromatic heterocycles. The summed E-state index contributed by atoms with van der Waals surface area (Å²) in [5, 5.41) is 15.5. The molecular formula is C21H25N5O2. The Morgan fingerprint density at radius 2 is 2.29 bits per heavy atom. The van der Waals surface area contributed by atoms with Crippen LogP contribution in [-0.2, 0) is 6.42 Å². The predicted octanol–water partition coefficient (Wildman–Crippen LogP) is 4.63. The number of hydrogen-bond acceptors (Lipinski definition) is 5. The maximum Gasteiger partial charge on any atom is 0.311 e. The number of nitrogens with zero attached hydrogens (tertiary/aromatic N) is 3. The quantitative estimate of drug-likeness (QED) is 0.461. The second-order valence-electron chi connectivity index (χ2n) is 7.36. The molecule has 1 aromatic carbocycles. The maximum atomic E-state index is 11.2. The van der Waals surface area contributed by atoms with Crippen LogP contribution in [0.3, 0.4) is 0 Å². The van der Waals surface area contributed by atoms with Gasteiger partial charge in [-0.25, -0.2) is 4.98 Å². The summed E-state index contributed by atoms with van der Waals surface area (Å²) in [5.74, 6) is 0.258. The van der Waals surface area contributed by atoms with E-state index in [1.54, 1.807) is 12.3 Å². The van der Waals surface area contributed by atoms with Crippen LogP contribution in [0.25, 0.3) is 10.9 Å². The molecule has 0 unspecified atom stereocenters. The number of H-pyrrole nitrogens is 1. The first-order valence-corrected chi connectivity index (χ1v) is 9.86. The van der Waals surface area contributed by atoms with E-state index in [0.29, 0.717) is 6.04 Å². The Balaban J connectivity index is 1.59. The van der Waals surface area contributed by atoms with Crippen LogP contribution in [0.5, 0.6) is 0 Å². The minimum Gasteiger partial charge on any atom is -0.361 e. The lowest BCUT2D eigenvalue weighted by atomic mass is 10.0. The van der Waals surface area contributed by atoms with Crippen molar-refractivity contribution in [3.8, 4) is 0 Å². The Hall–Kier alpha value is -2.93. The van der Waals surface area contributed by atoms with E-state index in [0.717, 1.165) is 29.6 Å². The third kappa shape index (κ3) is 3.71. The fourth-order valence-electron chi connectivity index (χ4n) is 4.16. The number of pyridine rings is 1. The molecule has 1 aliphatic rings. The van der Waals surface area contributed by atoms with E-state index in [-0.39, 0.29) is 11.5 Å². The zero-order valence-electron chi connectivity index (χ0n) is 16.0. The van der Waals surface area contributed by atoms with Gasteiger partial charge in [0.25, 0.3) is 0 Å². The number of likely N-dealkylation sites (tertiary alicyclic amines) is 1. The van der Waals surface area contributed by atoms with Gasteiger partial charge < -0.3 is 15.2 Å². The SMILES string of the molecule is CCCN1CCC[C@@H]1Cc1c[nH]c2ccc(Nc3ncccc3[N+](=O)[O-])cc12. The highest BCUT2D eigenvalue weighted by atomic mass is 16.6. The number of rotatable bonds is 7. The van der Waals surface area contributed by atoms with E-state index in [1.165, 1.54) is 37.4 Å². The number of anilines is 2. The predicted molar refractivity (Wildman–Crippen MR) is 111 cm³/mol. The van der Waals surface area contributed by atoms with Gasteiger partial charge >= 0.3 is 5.69 Å². The van der Waals surface area contributed by atoms with Crippen LogP contribution in [0.4, 0.5) is 17.2 Å².